The number of rotatable bonds is 3. The number of hydrogen-bond acceptors (Lipinski definition) is 2. The molecular formula is C11H20KNO. The first-order valence-electron chi connectivity index (χ1n) is 5.55. The SMILES string of the molecule is CC1CCN(CC2(C[O-])CC2)CC1.[K+]. The molecule has 2 aliphatic rings. The molecule has 0 N–H and O–H groups in total. The Hall–Kier alpha value is 1.56. The smallest absolute Gasteiger partial charge is 0.854 e. The zero-order valence-corrected chi connectivity index (χ0v) is 12.7. The van der Waals surface area contributed by atoms with E-state index in [-0.39, 0.29) is 63.4 Å². The molecule has 2 nitrogen and oxygen atoms in total. The van der Waals surface area contributed by atoms with Crippen LogP contribution in [-0.2, 0) is 0 Å². The third kappa shape index (κ3) is 3.54. The first kappa shape index (κ1) is 13.6. The van der Waals surface area contributed by atoms with Gasteiger partial charge in [0.1, 0.15) is 0 Å². The van der Waals surface area contributed by atoms with Crippen molar-refractivity contribution in [3.8, 4) is 0 Å². The predicted molar refractivity (Wildman–Crippen MR) is 51.4 cm³/mol. The first-order chi connectivity index (χ1) is 6.24. The molecule has 0 radical (unpaired) electrons. The van der Waals surface area contributed by atoms with E-state index in [1.807, 2.05) is 0 Å². The van der Waals surface area contributed by atoms with Crippen LogP contribution in [0, 0.1) is 11.3 Å². The van der Waals surface area contributed by atoms with Crippen LogP contribution in [0.4, 0.5) is 0 Å². The predicted octanol–water partition coefficient (Wildman–Crippen LogP) is -2.14. The number of piperidine rings is 1. The molecule has 1 saturated carbocycles. The summed E-state index contributed by atoms with van der Waals surface area (Å²) in [6, 6.07) is 0. The van der Waals surface area contributed by atoms with Gasteiger partial charge in [0.2, 0.25) is 0 Å². The van der Waals surface area contributed by atoms with Crippen molar-refractivity contribution in [2.75, 3.05) is 26.2 Å². The molecule has 0 amide bonds. The summed E-state index contributed by atoms with van der Waals surface area (Å²) in [6.07, 6.45) is 5.02. The standard InChI is InChI=1S/C11H20NO.K/c1-10-2-6-12(7-3-10)8-11(9-13)4-5-11;/h10H,2-9H2,1H3;/q-1;+1. The average Bonchev–Trinajstić information content (AvgIpc) is 2.90. The third-order valence-electron chi connectivity index (χ3n) is 3.70. The molecule has 1 heterocycles. The third-order valence-corrected chi connectivity index (χ3v) is 3.70. The summed E-state index contributed by atoms with van der Waals surface area (Å²) in [5.74, 6) is 0.902. The van der Waals surface area contributed by atoms with Crippen LogP contribution in [0.25, 0.3) is 0 Å². The van der Waals surface area contributed by atoms with Gasteiger partial charge in [0.15, 0.2) is 0 Å². The summed E-state index contributed by atoms with van der Waals surface area (Å²) in [6.45, 7) is 6.02. The molecule has 0 bridgehead atoms. The Morgan fingerprint density at radius 2 is 1.86 bits per heavy atom. The van der Waals surface area contributed by atoms with Gasteiger partial charge in [-0.1, -0.05) is 6.92 Å². The molecule has 0 aromatic carbocycles. The van der Waals surface area contributed by atoms with Crippen molar-refractivity contribution in [1.82, 2.24) is 4.90 Å². The Labute approximate surface area is 130 Å². The van der Waals surface area contributed by atoms with Crippen molar-refractivity contribution in [1.29, 1.82) is 0 Å². The molecule has 76 valence electrons. The molecule has 0 spiro atoms. The second kappa shape index (κ2) is 5.76. The van der Waals surface area contributed by atoms with Crippen molar-refractivity contribution in [2.24, 2.45) is 11.3 Å². The summed E-state index contributed by atoms with van der Waals surface area (Å²) < 4.78 is 0. The van der Waals surface area contributed by atoms with Crippen LogP contribution < -0.4 is 56.5 Å². The van der Waals surface area contributed by atoms with E-state index in [2.05, 4.69) is 11.8 Å². The van der Waals surface area contributed by atoms with Gasteiger partial charge in [-0.05, 0) is 50.1 Å². The maximum Gasteiger partial charge on any atom is 1.00 e. The van der Waals surface area contributed by atoms with Crippen molar-refractivity contribution in [3.63, 3.8) is 0 Å². The van der Waals surface area contributed by atoms with Gasteiger partial charge in [0.25, 0.3) is 0 Å². The molecule has 1 saturated heterocycles. The Morgan fingerprint density at radius 1 is 1.29 bits per heavy atom. The normalized spacial score (nSPS) is 27.0. The Morgan fingerprint density at radius 3 is 2.29 bits per heavy atom. The van der Waals surface area contributed by atoms with Gasteiger partial charge in [0, 0.05) is 6.54 Å². The summed E-state index contributed by atoms with van der Waals surface area (Å²) >= 11 is 0. The van der Waals surface area contributed by atoms with Crippen LogP contribution >= 0.6 is 0 Å². The van der Waals surface area contributed by atoms with Crippen molar-refractivity contribution in [2.45, 2.75) is 32.6 Å². The second-order valence-corrected chi connectivity index (χ2v) is 5.10. The fourth-order valence-corrected chi connectivity index (χ4v) is 2.22. The van der Waals surface area contributed by atoms with Crippen molar-refractivity contribution >= 4 is 0 Å². The summed E-state index contributed by atoms with van der Waals surface area (Å²) in [5.41, 5.74) is 0.209. The maximum absolute atomic E-state index is 10.9. The quantitative estimate of drug-likeness (QED) is 0.509. The van der Waals surface area contributed by atoms with E-state index in [9.17, 15) is 5.11 Å². The minimum absolute atomic E-state index is 0. The fourth-order valence-electron chi connectivity index (χ4n) is 2.22. The Bertz CT molecular complexity index is 174. The molecule has 0 aromatic rings. The summed E-state index contributed by atoms with van der Waals surface area (Å²) in [4.78, 5) is 2.50. The largest absolute Gasteiger partial charge is 1.00 e. The van der Waals surface area contributed by atoms with Crippen LogP contribution in [0.3, 0.4) is 0 Å². The zero-order valence-electron chi connectivity index (χ0n) is 9.59. The molecule has 14 heavy (non-hydrogen) atoms. The van der Waals surface area contributed by atoms with Crippen LogP contribution in [0.1, 0.15) is 32.6 Å². The van der Waals surface area contributed by atoms with Crippen LogP contribution in [0.2, 0.25) is 0 Å². The maximum atomic E-state index is 10.9. The number of nitrogens with zero attached hydrogens (tertiary/aromatic N) is 1. The van der Waals surface area contributed by atoms with E-state index < -0.39 is 0 Å². The number of hydrogen-bond donors (Lipinski definition) is 0. The van der Waals surface area contributed by atoms with Gasteiger partial charge in [-0.15, -0.1) is 6.61 Å². The van der Waals surface area contributed by atoms with Gasteiger partial charge in [-0.25, -0.2) is 0 Å². The van der Waals surface area contributed by atoms with Gasteiger partial charge in [-0.2, -0.15) is 0 Å². The van der Waals surface area contributed by atoms with Gasteiger partial charge in [-0.3, -0.25) is 0 Å². The molecule has 1 aliphatic carbocycles. The molecule has 3 heteroatoms. The summed E-state index contributed by atoms with van der Waals surface area (Å²) in [7, 11) is 0. The first-order valence-corrected chi connectivity index (χ1v) is 5.55. The van der Waals surface area contributed by atoms with E-state index >= 15 is 0 Å². The van der Waals surface area contributed by atoms with Crippen LogP contribution in [0.5, 0.6) is 0 Å². The fraction of sp³-hybridized carbons (Fsp3) is 1.00. The van der Waals surface area contributed by atoms with Crippen LogP contribution in [-0.4, -0.2) is 31.1 Å². The molecule has 2 fully saturated rings. The van der Waals surface area contributed by atoms with E-state index in [4.69, 9.17) is 0 Å². The number of likely N-dealkylation sites (tertiary alicyclic amines) is 1. The molecular weight excluding hydrogens is 201 g/mol. The minimum atomic E-state index is 0. The Kier molecular flexibility index (Phi) is 5.60. The van der Waals surface area contributed by atoms with Crippen molar-refractivity contribution in [3.05, 3.63) is 0 Å². The van der Waals surface area contributed by atoms with Gasteiger partial charge in [0.05, 0.1) is 0 Å². The molecule has 0 atom stereocenters. The minimum Gasteiger partial charge on any atom is -0.854 e. The molecule has 0 aromatic heterocycles. The van der Waals surface area contributed by atoms with Crippen molar-refractivity contribution < 1.29 is 56.5 Å². The molecule has 1 aliphatic heterocycles. The van der Waals surface area contributed by atoms with Crippen LogP contribution in [0.15, 0.2) is 0 Å². The molecule has 2 rings (SSSR count). The van der Waals surface area contributed by atoms with Gasteiger partial charge < -0.3 is 10.0 Å². The van der Waals surface area contributed by atoms with Gasteiger partial charge >= 0.3 is 51.4 Å². The monoisotopic (exact) mass is 221 g/mol. The summed E-state index contributed by atoms with van der Waals surface area (Å²) in [5, 5.41) is 10.9. The second-order valence-electron chi connectivity index (χ2n) is 5.10. The van der Waals surface area contributed by atoms with E-state index in [0.29, 0.717) is 0 Å². The van der Waals surface area contributed by atoms with E-state index in [1.165, 1.54) is 38.8 Å². The average molecular weight is 221 g/mol. The van der Waals surface area contributed by atoms with E-state index in [0.717, 1.165) is 12.5 Å². The molecule has 0 unspecified atom stereocenters. The Balaban J connectivity index is 0.000000980. The topological polar surface area (TPSA) is 26.3 Å². The van der Waals surface area contributed by atoms with E-state index in [1.54, 1.807) is 0 Å². The zero-order chi connectivity index (χ0) is 9.31.